The number of anilines is 1. The number of aliphatic hydroxyl groups excluding tert-OH is 5. The number of rotatable bonds is 7. The summed E-state index contributed by atoms with van der Waals surface area (Å²) in [6.45, 7) is -0.810. The van der Waals surface area contributed by atoms with E-state index in [0.29, 0.717) is 16.7 Å². The van der Waals surface area contributed by atoms with E-state index in [9.17, 15) is 25.5 Å². The SMILES string of the molecule is OC[C@H](Nc1ncnc2c1ncn2[C@@H]1O[C@H](CO)[C@@H](O)[C@H]1O)[C@@H](O)c1ccccc1. The van der Waals surface area contributed by atoms with Gasteiger partial charge in [-0.25, -0.2) is 15.0 Å². The van der Waals surface area contributed by atoms with Crippen molar-refractivity contribution in [2.24, 2.45) is 0 Å². The molecule has 11 nitrogen and oxygen atoms in total. The zero-order valence-corrected chi connectivity index (χ0v) is 15.9. The molecule has 0 amide bonds. The Morgan fingerprint density at radius 2 is 1.83 bits per heavy atom. The number of imidazole rings is 1. The number of aromatic nitrogens is 4. The smallest absolute Gasteiger partial charge is 0.167 e. The van der Waals surface area contributed by atoms with Crippen LogP contribution in [-0.2, 0) is 4.74 Å². The zero-order valence-electron chi connectivity index (χ0n) is 15.9. The van der Waals surface area contributed by atoms with Crippen LogP contribution < -0.4 is 5.32 Å². The van der Waals surface area contributed by atoms with Crippen LogP contribution in [0.3, 0.4) is 0 Å². The molecular weight excluding hydrogens is 394 g/mol. The lowest BCUT2D eigenvalue weighted by Gasteiger charge is -2.23. The fourth-order valence-corrected chi connectivity index (χ4v) is 3.54. The van der Waals surface area contributed by atoms with Crippen molar-refractivity contribution < 1.29 is 30.3 Å². The van der Waals surface area contributed by atoms with Crippen molar-refractivity contribution >= 4 is 17.0 Å². The van der Waals surface area contributed by atoms with Crippen LogP contribution in [0.15, 0.2) is 43.0 Å². The Bertz CT molecular complexity index is 986. The van der Waals surface area contributed by atoms with E-state index in [2.05, 4.69) is 20.3 Å². The molecule has 0 bridgehead atoms. The van der Waals surface area contributed by atoms with Crippen LogP contribution in [0.2, 0.25) is 0 Å². The number of fused-ring (bicyclic) bond motifs is 1. The Labute approximate surface area is 171 Å². The second kappa shape index (κ2) is 8.60. The zero-order chi connectivity index (χ0) is 21.3. The molecule has 0 spiro atoms. The van der Waals surface area contributed by atoms with Crippen LogP contribution in [0.4, 0.5) is 5.82 Å². The van der Waals surface area contributed by atoms with E-state index in [4.69, 9.17) is 4.74 Å². The number of nitrogens with zero attached hydrogens (tertiary/aromatic N) is 4. The van der Waals surface area contributed by atoms with Gasteiger partial charge in [-0.3, -0.25) is 4.57 Å². The first-order valence-electron chi connectivity index (χ1n) is 9.45. The van der Waals surface area contributed by atoms with E-state index in [1.165, 1.54) is 17.2 Å². The summed E-state index contributed by atoms with van der Waals surface area (Å²) in [6, 6.07) is 8.15. The molecule has 6 atom stereocenters. The molecule has 11 heteroatoms. The van der Waals surface area contributed by atoms with Crippen molar-refractivity contribution in [1.29, 1.82) is 0 Å². The van der Waals surface area contributed by atoms with Gasteiger partial charge in [-0.05, 0) is 5.56 Å². The maximum atomic E-state index is 10.6. The molecule has 0 saturated carbocycles. The number of hydrogen-bond donors (Lipinski definition) is 6. The monoisotopic (exact) mass is 417 g/mol. The van der Waals surface area contributed by atoms with E-state index < -0.39 is 43.3 Å². The van der Waals surface area contributed by atoms with Gasteiger partial charge in [-0.1, -0.05) is 30.3 Å². The Balaban J connectivity index is 1.62. The highest BCUT2D eigenvalue weighted by Crippen LogP contribution is 2.32. The summed E-state index contributed by atoms with van der Waals surface area (Å²) in [5.41, 5.74) is 1.27. The molecule has 160 valence electrons. The average Bonchev–Trinajstić information content (AvgIpc) is 3.33. The van der Waals surface area contributed by atoms with Crippen molar-refractivity contribution in [3.8, 4) is 0 Å². The summed E-state index contributed by atoms with van der Waals surface area (Å²) >= 11 is 0. The van der Waals surface area contributed by atoms with Gasteiger partial charge in [0.25, 0.3) is 0 Å². The standard InChI is InChI=1S/C19H23N5O6/c25-6-11(14(27)10-4-2-1-3-5-10)23-17-13-18(21-8-20-17)24(9-22-13)19-16(29)15(28)12(7-26)30-19/h1-5,8-9,11-12,14-16,19,25-29H,6-7H2,(H,20,21,23)/t11-,12+,14-,15+,16+,19+/m0/s1. The first-order valence-corrected chi connectivity index (χ1v) is 9.45. The van der Waals surface area contributed by atoms with Crippen LogP contribution in [0.25, 0.3) is 11.2 Å². The minimum absolute atomic E-state index is 0.277. The topological polar surface area (TPSA) is 166 Å². The average molecular weight is 417 g/mol. The number of hydrogen-bond acceptors (Lipinski definition) is 10. The second-order valence-electron chi connectivity index (χ2n) is 7.06. The lowest BCUT2D eigenvalue weighted by atomic mass is 10.0. The summed E-state index contributed by atoms with van der Waals surface area (Å²) in [6.07, 6.45) is -2.80. The molecule has 1 aromatic carbocycles. The van der Waals surface area contributed by atoms with Crippen LogP contribution in [-0.4, -0.2) is 82.6 Å². The van der Waals surface area contributed by atoms with Crippen LogP contribution in [0.5, 0.6) is 0 Å². The van der Waals surface area contributed by atoms with Gasteiger partial charge in [0.15, 0.2) is 23.2 Å². The van der Waals surface area contributed by atoms with Crippen molar-refractivity contribution in [2.75, 3.05) is 18.5 Å². The van der Waals surface area contributed by atoms with Crippen molar-refractivity contribution in [3.63, 3.8) is 0 Å². The third kappa shape index (κ3) is 3.62. The highest BCUT2D eigenvalue weighted by molar-refractivity contribution is 5.82. The Morgan fingerprint density at radius 3 is 2.50 bits per heavy atom. The van der Waals surface area contributed by atoms with Gasteiger partial charge in [0, 0.05) is 0 Å². The lowest BCUT2D eigenvalue weighted by molar-refractivity contribution is -0.0511. The Morgan fingerprint density at radius 1 is 1.07 bits per heavy atom. The summed E-state index contributed by atoms with van der Waals surface area (Å²) in [4.78, 5) is 12.6. The first-order chi connectivity index (χ1) is 14.5. The highest BCUT2D eigenvalue weighted by Gasteiger charge is 2.44. The number of aliphatic hydroxyl groups is 5. The predicted octanol–water partition coefficient (Wildman–Crippen LogP) is -1.06. The summed E-state index contributed by atoms with van der Waals surface area (Å²) in [5, 5.41) is 53.0. The van der Waals surface area contributed by atoms with E-state index in [-0.39, 0.29) is 12.4 Å². The molecule has 0 radical (unpaired) electrons. The van der Waals surface area contributed by atoms with Gasteiger partial charge in [0.2, 0.25) is 0 Å². The Kier molecular flexibility index (Phi) is 5.90. The summed E-state index contributed by atoms with van der Waals surface area (Å²) < 4.78 is 6.98. The van der Waals surface area contributed by atoms with E-state index in [1.54, 1.807) is 24.3 Å². The molecule has 1 aliphatic heterocycles. The first kappa shape index (κ1) is 20.6. The predicted molar refractivity (Wildman–Crippen MR) is 104 cm³/mol. The van der Waals surface area contributed by atoms with Crippen LogP contribution in [0.1, 0.15) is 17.9 Å². The van der Waals surface area contributed by atoms with E-state index in [1.807, 2.05) is 6.07 Å². The maximum absolute atomic E-state index is 10.6. The van der Waals surface area contributed by atoms with Gasteiger partial charge in [0.05, 0.1) is 25.6 Å². The van der Waals surface area contributed by atoms with Gasteiger partial charge in [-0.15, -0.1) is 0 Å². The molecule has 1 fully saturated rings. The maximum Gasteiger partial charge on any atom is 0.167 e. The summed E-state index contributed by atoms with van der Waals surface area (Å²) in [5.74, 6) is 0.277. The fourth-order valence-electron chi connectivity index (χ4n) is 3.54. The number of benzene rings is 1. The fraction of sp³-hybridized carbons (Fsp3) is 0.421. The minimum Gasteiger partial charge on any atom is -0.394 e. The third-order valence-electron chi connectivity index (χ3n) is 5.19. The summed E-state index contributed by atoms with van der Waals surface area (Å²) in [7, 11) is 0. The lowest BCUT2D eigenvalue weighted by Crippen LogP contribution is -2.33. The van der Waals surface area contributed by atoms with Crippen molar-refractivity contribution in [1.82, 2.24) is 19.5 Å². The van der Waals surface area contributed by atoms with E-state index >= 15 is 0 Å². The molecule has 4 rings (SSSR count). The van der Waals surface area contributed by atoms with Crippen molar-refractivity contribution in [2.45, 2.75) is 36.7 Å². The number of nitrogens with one attached hydrogen (secondary N) is 1. The molecule has 30 heavy (non-hydrogen) atoms. The normalized spacial score (nSPS) is 26.0. The quantitative estimate of drug-likeness (QED) is 0.279. The van der Waals surface area contributed by atoms with E-state index in [0.717, 1.165) is 0 Å². The molecule has 1 saturated heterocycles. The van der Waals surface area contributed by atoms with Crippen LogP contribution >= 0.6 is 0 Å². The van der Waals surface area contributed by atoms with Gasteiger partial charge in [0.1, 0.15) is 30.7 Å². The van der Waals surface area contributed by atoms with Gasteiger partial charge in [-0.2, -0.15) is 0 Å². The molecule has 0 unspecified atom stereocenters. The molecule has 2 aromatic heterocycles. The van der Waals surface area contributed by atoms with Crippen LogP contribution in [0, 0.1) is 0 Å². The Hall–Kier alpha value is -2.67. The molecule has 0 aliphatic carbocycles. The molecule has 3 aromatic rings. The molecule has 3 heterocycles. The molecule has 1 aliphatic rings. The molecule has 6 N–H and O–H groups in total. The van der Waals surface area contributed by atoms with Gasteiger partial charge >= 0.3 is 0 Å². The van der Waals surface area contributed by atoms with Gasteiger partial charge < -0.3 is 35.6 Å². The minimum atomic E-state index is -1.28. The second-order valence-corrected chi connectivity index (χ2v) is 7.06. The highest BCUT2D eigenvalue weighted by atomic mass is 16.6. The number of ether oxygens (including phenoxy) is 1. The third-order valence-corrected chi connectivity index (χ3v) is 5.19. The molecular formula is C19H23N5O6. The van der Waals surface area contributed by atoms with Crippen molar-refractivity contribution in [3.05, 3.63) is 48.5 Å². The largest absolute Gasteiger partial charge is 0.394 e.